The van der Waals surface area contributed by atoms with Gasteiger partial charge in [-0.2, -0.15) is 0 Å². The van der Waals surface area contributed by atoms with Gasteiger partial charge in [0, 0.05) is 12.6 Å². The first-order valence-electron chi connectivity index (χ1n) is 7.16. The van der Waals surface area contributed by atoms with Crippen LogP contribution in [-0.4, -0.2) is 33.2 Å². The first-order chi connectivity index (χ1) is 9.66. The smallest absolute Gasteiger partial charge is 0.320 e. The summed E-state index contributed by atoms with van der Waals surface area (Å²) < 4.78 is 1.70. The second-order valence-electron chi connectivity index (χ2n) is 5.57. The molecule has 1 aliphatic rings. The Morgan fingerprint density at radius 3 is 3.00 bits per heavy atom. The van der Waals surface area contributed by atoms with Crippen LogP contribution in [0.1, 0.15) is 26.7 Å². The van der Waals surface area contributed by atoms with E-state index >= 15 is 0 Å². The van der Waals surface area contributed by atoms with E-state index in [1.807, 2.05) is 29.2 Å². The van der Waals surface area contributed by atoms with Gasteiger partial charge in [-0.15, -0.1) is 0 Å². The number of para-hydroxylation sites is 2. The number of nitrogens with one attached hydrogen (secondary N) is 1. The third-order valence-electron chi connectivity index (χ3n) is 4.30. The summed E-state index contributed by atoms with van der Waals surface area (Å²) in [6.45, 7) is 5.15. The molecule has 1 aliphatic heterocycles. The van der Waals surface area contributed by atoms with Crippen LogP contribution in [0.2, 0.25) is 0 Å². The van der Waals surface area contributed by atoms with Gasteiger partial charge in [0.25, 0.3) is 0 Å². The van der Waals surface area contributed by atoms with Crippen molar-refractivity contribution in [2.75, 3.05) is 12.0 Å². The van der Waals surface area contributed by atoms with Gasteiger partial charge < -0.3 is 4.90 Å². The molecule has 1 aromatic carbocycles. The van der Waals surface area contributed by atoms with Crippen molar-refractivity contribution >= 4 is 17.1 Å². The summed E-state index contributed by atoms with van der Waals surface area (Å²) in [7, 11) is 0. The van der Waals surface area contributed by atoms with Crippen molar-refractivity contribution in [3.8, 4) is 0 Å². The van der Waals surface area contributed by atoms with Gasteiger partial charge in [0.2, 0.25) is 0 Å². The molecule has 2 heterocycles. The van der Waals surface area contributed by atoms with E-state index in [-0.39, 0.29) is 12.1 Å². The lowest BCUT2D eigenvalue weighted by Crippen LogP contribution is -2.49. The number of likely N-dealkylation sites (tertiary alicyclic amines) is 1. The molecule has 0 radical (unpaired) electrons. The van der Waals surface area contributed by atoms with Crippen LogP contribution in [0.25, 0.3) is 11.0 Å². The van der Waals surface area contributed by atoms with Crippen LogP contribution in [0.3, 0.4) is 0 Å². The van der Waals surface area contributed by atoms with Crippen molar-refractivity contribution in [1.29, 1.82) is 0 Å². The Kier molecular flexibility index (Phi) is 3.34. The summed E-state index contributed by atoms with van der Waals surface area (Å²) in [5.74, 6) is 0.550. The van der Waals surface area contributed by atoms with E-state index in [2.05, 4.69) is 24.3 Å². The highest BCUT2D eigenvalue weighted by Crippen LogP contribution is 2.23. The average molecular weight is 272 g/mol. The topological polar surface area (TPSA) is 50.2 Å². The highest BCUT2D eigenvalue weighted by molar-refractivity contribution is 5.85. The van der Waals surface area contributed by atoms with Crippen LogP contribution < -0.4 is 5.43 Å². The Balaban J connectivity index is 1.78. The Morgan fingerprint density at radius 1 is 1.35 bits per heavy atom. The molecule has 2 atom stereocenters. The molecular weight excluding hydrogens is 252 g/mol. The van der Waals surface area contributed by atoms with E-state index in [0.29, 0.717) is 5.92 Å². The zero-order valence-electron chi connectivity index (χ0n) is 11.9. The molecule has 0 saturated carbocycles. The van der Waals surface area contributed by atoms with Crippen LogP contribution in [0, 0.1) is 5.92 Å². The SMILES string of the molecule is C[C@@H]1CCCN(C(=O)Nn2cnc3ccccc32)[C@H]1C. The molecular formula is C15H20N4O. The average Bonchev–Trinajstić information content (AvgIpc) is 2.85. The van der Waals surface area contributed by atoms with Crippen LogP contribution in [-0.2, 0) is 0 Å². The van der Waals surface area contributed by atoms with Gasteiger partial charge >= 0.3 is 6.03 Å². The number of carbonyl (C=O) groups is 1. The van der Waals surface area contributed by atoms with Gasteiger partial charge in [-0.05, 0) is 37.8 Å². The number of fused-ring (bicyclic) bond motifs is 1. The molecule has 5 nitrogen and oxygen atoms in total. The molecule has 3 rings (SSSR count). The van der Waals surface area contributed by atoms with Crippen molar-refractivity contribution in [3.63, 3.8) is 0 Å². The van der Waals surface area contributed by atoms with E-state index in [1.165, 1.54) is 6.42 Å². The van der Waals surface area contributed by atoms with Gasteiger partial charge in [0.15, 0.2) is 0 Å². The van der Waals surface area contributed by atoms with Crippen molar-refractivity contribution < 1.29 is 4.79 Å². The normalized spacial score (nSPS) is 23.0. The third kappa shape index (κ3) is 2.24. The quantitative estimate of drug-likeness (QED) is 0.868. The second kappa shape index (κ2) is 5.15. The predicted octanol–water partition coefficient (Wildman–Crippen LogP) is 2.82. The van der Waals surface area contributed by atoms with Crippen molar-refractivity contribution in [3.05, 3.63) is 30.6 Å². The Hall–Kier alpha value is -2.04. The number of benzene rings is 1. The lowest BCUT2D eigenvalue weighted by atomic mass is 9.92. The lowest BCUT2D eigenvalue weighted by molar-refractivity contribution is 0.137. The molecule has 1 N–H and O–H groups in total. The van der Waals surface area contributed by atoms with Crippen molar-refractivity contribution in [1.82, 2.24) is 14.6 Å². The van der Waals surface area contributed by atoms with Gasteiger partial charge in [-0.1, -0.05) is 19.1 Å². The summed E-state index contributed by atoms with van der Waals surface area (Å²) >= 11 is 0. The van der Waals surface area contributed by atoms with Crippen LogP contribution >= 0.6 is 0 Å². The van der Waals surface area contributed by atoms with Gasteiger partial charge in [-0.25, -0.2) is 19.9 Å². The molecule has 5 heteroatoms. The summed E-state index contributed by atoms with van der Waals surface area (Å²) in [5, 5.41) is 0. The van der Waals surface area contributed by atoms with E-state index in [0.717, 1.165) is 24.0 Å². The number of imidazole rings is 1. The first kappa shape index (κ1) is 13.0. The molecule has 0 spiro atoms. The van der Waals surface area contributed by atoms with E-state index in [4.69, 9.17) is 0 Å². The molecule has 0 bridgehead atoms. The predicted molar refractivity (Wildman–Crippen MR) is 79.1 cm³/mol. The molecule has 106 valence electrons. The standard InChI is InChI=1S/C15H20N4O/c1-11-6-5-9-18(12(11)2)15(20)17-19-10-16-13-7-3-4-8-14(13)19/h3-4,7-8,10-12H,5-6,9H2,1-2H3,(H,17,20)/t11-,12+/m1/s1. The number of rotatable bonds is 1. The van der Waals surface area contributed by atoms with E-state index in [1.54, 1.807) is 11.0 Å². The number of urea groups is 1. The molecule has 1 fully saturated rings. The third-order valence-corrected chi connectivity index (χ3v) is 4.30. The largest absolute Gasteiger partial charge is 0.336 e. The summed E-state index contributed by atoms with van der Waals surface area (Å²) in [6, 6.07) is 7.99. The Bertz CT molecular complexity index is 621. The number of nitrogens with zero attached hydrogens (tertiary/aromatic N) is 3. The molecule has 2 amide bonds. The fourth-order valence-electron chi connectivity index (χ4n) is 2.84. The maximum atomic E-state index is 12.4. The Labute approximate surface area is 118 Å². The fourth-order valence-corrected chi connectivity index (χ4v) is 2.84. The van der Waals surface area contributed by atoms with Crippen LogP contribution in [0.4, 0.5) is 4.79 Å². The second-order valence-corrected chi connectivity index (χ2v) is 5.57. The van der Waals surface area contributed by atoms with E-state index < -0.39 is 0 Å². The number of aromatic nitrogens is 2. The minimum absolute atomic E-state index is 0.0489. The maximum absolute atomic E-state index is 12.4. The molecule has 0 aliphatic carbocycles. The van der Waals surface area contributed by atoms with Gasteiger partial charge in [-0.3, -0.25) is 0 Å². The zero-order chi connectivity index (χ0) is 14.1. The van der Waals surface area contributed by atoms with Crippen molar-refractivity contribution in [2.45, 2.75) is 32.7 Å². The van der Waals surface area contributed by atoms with E-state index in [9.17, 15) is 4.79 Å². The highest BCUT2D eigenvalue weighted by atomic mass is 16.2. The number of hydrogen-bond donors (Lipinski definition) is 1. The first-order valence-corrected chi connectivity index (χ1v) is 7.16. The summed E-state index contributed by atoms with van der Waals surface area (Å²) in [5.41, 5.74) is 4.72. The summed E-state index contributed by atoms with van der Waals surface area (Å²) in [6.07, 6.45) is 3.92. The minimum atomic E-state index is -0.0489. The molecule has 0 unspecified atom stereocenters. The lowest BCUT2D eigenvalue weighted by Gasteiger charge is -2.37. The van der Waals surface area contributed by atoms with Crippen LogP contribution in [0.5, 0.6) is 0 Å². The molecule has 20 heavy (non-hydrogen) atoms. The van der Waals surface area contributed by atoms with Crippen LogP contribution in [0.15, 0.2) is 30.6 Å². The van der Waals surface area contributed by atoms with Gasteiger partial charge in [0.1, 0.15) is 6.33 Å². The monoisotopic (exact) mass is 272 g/mol. The zero-order valence-corrected chi connectivity index (χ0v) is 11.9. The number of carbonyl (C=O) groups excluding carboxylic acids is 1. The molecule has 1 saturated heterocycles. The molecule has 2 aromatic rings. The summed E-state index contributed by atoms with van der Waals surface area (Å²) in [4.78, 5) is 18.6. The number of piperidine rings is 1. The highest BCUT2D eigenvalue weighted by Gasteiger charge is 2.28. The maximum Gasteiger partial charge on any atom is 0.336 e. The molecule has 1 aromatic heterocycles. The number of amides is 2. The van der Waals surface area contributed by atoms with Crippen molar-refractivity contribution in [2.24, 2.45) is 5.92 Å². The van der Waals surface area contributed by atoms with Gasteiger partial charge in [0.05, 0.1) is 11.0 Å². The fraction of sp³-hybridized carbons (Fsp3) is 0.467. The minimum Gasteiger partial charge on any atom is -0.320 e. The number of hydrogen-bond acceptors (Lipinski definition) is 2. The Morgan fingerprint density at radius 2 is 2.15 bits per heavy atom.